The number of esters is 2. The van der Waals surface area contributed by atoms with E-state index in [0.717, 1.165) is 5.01 Å². The van der Waals surface area contributed by atoms with E-state index in [1.807, 2.05) is 0 Å². The molecule has 2 aromatic rings. The van der Waals surface area contributed by atoms with Gasteiger partial charge >= 0.3 is 11.9 Å². The highest BCUT2D eigenvalue weighted by Gasteiger charge is 2.16. The van der Waals surface area contributed by atoms with E-state index in [0.29, 0.717) is 13.0 Å². The zero-order valence-electron chi connectivity index (χ0n) is 13.7. The molecule has 0 aliphatic heterocycles. The molecule has 0 atom stereocenters. The van der Waals surface area contributed by atoms with Crippen molar-refractivity contribution in [2.75, 3.05) is 26.1 Å². The topological polar surface area (TPSA) is 121 Å². The fourth-order valence-electron chi connectivity index (χ4n) is 2.02. The highest BCUT2D eigenvalue weighted by atomic mass is 32.1. The fraction of sp³-hybridized carbons (Fsp3) is 0.250. The third-order valence-corrected chi connectivity index (χ3v) is 4.08. The van der Waals surface area contributed by atoms with Crippen LogP contribution in [0.2, 0.25) is 0 Å². The molecule has 0 aliphatic rings. The van der Waals surface area contributed by atoms with Crippen molar-refractivity contribution in [2.24, 2.45) is 5.73 Å². The molecule has 1 aromatic heterocycles. The number of nitrogens with two attached hydrogens (primary N) is 1. The average molecular weight is 363 g/mol. The van der Waals surface area contributed by atoms with Gasteiger partial charge in [0, 0.05) is 17.5 Å². The van der Waals surface area contributed by atoms with Crippen molar-refractivity contribution in [2.45, 2.75) is 6.42 Å². The summed E-state index contributed by atoms with van der Waals surface area (Å²) in [5.41, 5.74) is 6.18. The Labute approximate surface area is 148 Å². The van der Waals surface area contributed by atoms with Gasteiger partial charge in [0.25, 0.3) is 5.91 Å². The maximum atomic E-state index is 12.3. The first kappa shape index (κ1) is 18.6. The molecule has 1 aromatic carbocycles. The van der Waals surface area contributed by atoms with E-state index in [1.54, 1.807) is 5.38 Å². The molecule has 3 N–H and O–H groups in total. The van der Waals surface area contributed by atoms with Crippen LogP contribution in [0.25, 0.3) is 0 Å². The molecule has 1 amide bonds. The first-order valence-corrected chi connectivity index (χ1v) is 8.14. The van der Waals surface area contributed by atoms with E-state index in [4.69, 9.17) is 5.73 Å². The van der Waals surface area contributed by atoms with Crippen LogP contribution in [0, 0.1) is 0 Å². The van der Waals surface area contributed by atoms with Crippen LogP contribution in [0.15, 0.2) is 23.6 Å². The minimum atomic E-state index is -0.639. The Bertz CT molecular complexity index is 769. The lowest BCUT2D eigenvalue weighted by atomic mass is 10.1. The summed E-state index contributed by atoms with van der Waals surface area (Å²) in [6.07, 6.45) is 0.586. The molecular weight excluding hydrogens is 346 g/mol. The predicted molar refractivity (Wildman–Crippen MR) is 91.9 cm³/mol. The monoisotopic (exact) mass is 363 g/mol. The lowest BCUT2D eigenvalue weighted by Crippen LogP contribution is -2.15. The number of anilines is 1. The number of thiazole rings is 1. The Balaban J connectivity index is 2.28. The van der Waals surface area contributed by atoms with Crippen molar-refractivity contribution in [3.05, 3.63) is 45.4 Å². The molecule has 0 aliphatic carbocycles. The van der Waals surface area contributed by atoms with Crippen LogP contribution in [0.3, 0.4) is 0 Å². The van der Waals surface area contributed by atoms with Gasteiger partial charge in [-0.25, -0.2) is 14.6 Å². The first-order chi connectivity index (χ1) is 12.0. The maximum absolute atomic E-state index is 12.3. The van der Waals surface area contributed by atoms with Crippen LogP contribution < -0.4 is 11.1 Å². The fourth-order valence-corrected chi connectivity index (χ4v) is 2.81. The number of benzene rings is 1. The SMILES string of the molecule is COC(=O)c1cc(NC(=O)c2csc(CCN)n2)cc(C(=O)OC)c1. The molecule has 2 rings (SSSR count). The minimum absolute atomic E-state index is 0.114. The molecule has 0 spiro atoms. The lowest BCUT2D eigenvalue weighted by Gasteiger charge is -2.08. The molecular formula is C16H17N3O5S. The summed E-state index contributed by atoms with van der Waals surface area (Å²) in [6, 6.07) is 4.14. The van der Waals surface area contributed by atoms with Crippen molar-refractivity contribution >= 4 is 34.9 Å². The molecule has 0 saturated heterocycles. The number of hydrogen-bond acceptors (Lipinski definition) is 8. The number of nitrogens with one attached hydrogen (secondary N) is 1. The maximum Gasteiger partial charge on any atom is 0.337 e. The standard InChI is InChI=1S/C16H17N3O5S/c1-23-15(21)9-5-10(16(22)24-2)7-11(6-9)18-14(20)12-8-25-13(19-12)3-4-17/h5-8H,3-4,17H2,1-2H3,(H,18,20). The third-order valence-electron chi connectivity index (χ3n) is 3.18. The second-order valence-electron chi connectivity index (χ2n) is 4.90. The smallest absolute Gasteiger partial charge is 0.337 e. The number of rotatable bonds is 6. The predicted octanol–water partition coefficient (Wildman–Crippen LogP) is 1.47. The molecule has 0 bridgehead atoms. The zero-order valence-corrected chi connectivity index (χ0v) is 14.5. The van der Waals surface area contributed by atoms with E-state index in [1.165, 1.54) is 43.8 Å². The largest absolute Gasteiger partial charge is 0.465 e. The molecule has 8 nitrogen and oxygen atoms in total. The number of carbonyl (C=O) groups excluding carboxylic acids is 3. The molecule has 25 heavy (non-hydrogen) atoms. The summed E-state index contributed by atoms with van der Waals surface area (Å²) in [5.74, 6) is -1.74. The van der Waals surface area contributed by atoms with Gasteiger partial charge in [-0.1, -0.05) is 0 Å². The van der Waals surface area contributed by atoms with Crippen LogP contribution in [0.4, 0.5) is 5.69 Å². The summed E-state index contributed by atoms with van der Waals surface area (Å²) in [6.45, 7) is 0.443. The van der Waals surface area contributed by atoms with Crippen molar-refractivity contribution < 1.29 is 23.9 Å². The highest BCUT2D eigenvalue weighted by Crippen LogP contribution is 2.19. The highest BCUT2D eigenvalue weighted by molar-refractivity contribution is 7.09. The summed E-state index contributed by atoms with van der Waals surface area (Å²) in [5, 5.41) is 4.98. The van der Waals surface area contributed by atoms with Gasteiger partial charge in [0.05, 0.1) is 30.4 Å². The summed E-state index contributed by atoms with van der Waals surface area (Å²) in [7, 11) is 2.44. The van der Waals surface area contributed by atoms with Gasteiger partial charge in [-0.2, -0.15) is 0 Å². The van der Waals surface area contributed by atoms with Crippen LogP contribution in [0.1, 0.15) is 36.2 Å². The summed E-state index contributed by atoms with van der Waals surface area (Å²) < 4.78 is 9.31. The Hall–Kier alpha value is -2.78. The molecule has 9 heteroatoms. The second-order valence-corrected chi connectivity index (χ2v) is 5.84. The number of nitrogens with zero attached hydrogens (tertiary/aromatic N) is 1. The number of aromatic nitrogens is 1. The van der Waals surface area contributed by atoms with Gasteiger partial charge in [0.1, 0.15) is 5.69 Å². The molecule has 0 saturated carbocycles. The number of carbonyl (C=O) groups is 3. The quantitative estimate of drug-likeness (QED) is 0.746. The van der Waals surface area contributed by atoms with Gasteiger partial charge in [-0.05, 0) is 24.7 Å². The van der Waals surface area contributed by atoms with Crippen LogP contribution >= 0.6 is 11.3 Å². The van der Waals surface area contributed by atoms with Gasteiger partial charge in [-0.15, -0.1) is 11.3 Å². The Morgan fingerprint density at radius 1 is 1.12 bits per heavy atom. The lowest BCUT2D eigenvalue weighted by molar-refractivity contribution is 0.0599. The van der Waals surface area contributed by atoms with E-state index in [-0.39, 0.29) is 22.5 Å². The Morgan fingerprint density at radius 2 is 1.72 bits per heavy atom. The molecule has 0 fully saturated rings. The number of amides is 1. The van der Waals surface area contributed by atoms with Crippen LogP contribution in [-0.2, 0) is 15.9 Å². The number of methoxy groups -OCH3 is 2. The number of hydrogen-bond donors (Lipinski definition) is 2. The second kappa shape index (κ2) is 8.36. The summed E-state index contributed by atoms with van der Waals surface area (Å²) in [4.78, 5) is 40.0. The van der Waals surface area contributed by atoms with E-state index in [9.17, 15) is 14.4 Å². The normalized spacial score (nSPS) is 10.2. The van der Waals surface area contributed by atoms with Gasteiger partial charge in [0.2, 0.25) is 0 Å². The first-order valence-electron chi connectivity index (χ1n) is 7.26. The summed E-state index contributed by atoms with van der Waals surface area (Å²) >= 11 is 1.34. The van der Waals surface area contributed by atoms with E-state index >= 15 is 0 Å². The third kappa shape index (κ3) is 4.61. The van der Waals surface area contributed by atoms with Gasteiger partial charge in [0.15, 0.2) is 0 Å². The minimum Gasteiger partial charge on any atom is -0.465 e. The van der Waals surface area contributed by atoms with Crippen molar-refractivity contribution in [1.82, 2.24) is 4.98 Å². The van der Waals surface area contributed by atoms with E-state index < -0.39 is 17.8 Å². The van der Waals surface area contributed by atoms with Crippen molar-refractivity contribution in [3.63, 3.8) is 0 Å². The van der Waals surface area contributed by atoms with Gasteiger partial charge in [-0.3, -0.25) is 4.79 Å². The Kier molecular flexibility index (Phi) is 6.20. The Morgan fingerprint density at radius 3 is 2.24 bits per heavy atom. The molecule has 132 valence electrons. The molecule has 0 radical (unpaired) electrons. The van der Waals surface area contributed by atoms with Gasteiger partial charge < -0.3 is 20.5 Å². The van der Waals surface area contributed by atoms with Crippen LogP contribution in [0.5, 0.6) is 0 Å². The van der Waals surface area contributed by atoms with Crippen molar-refractivity contribution in [3.8, 4) is 0 Å². The van der Waals surface area contributed by atoms with Crippen molar-refractivity contribution in [1.29, 1.82) is 0 Å². The van der Waals surface area contributed by atoms with E-state index in [2.05, 4.69) is 19.8 Å². The molecule has 1 heterocycles. The zero-order chi connectivity index (χ0) is 18.4. The number of ether oxygens (including phenoxy) is 2. The average Bonchev–Trinajstić information content (AvgIpc) is 3.09. The van der Waals surface area contributed by atoms with Crippen LogP contribution in [-0.4, -0.2) is 43.6 Å². The molecule has 0 unspecified atom stereocenters.